The number of hydrazine groups is 2. The zero-order chi connectivity index (χ0) is 31.7. The average Bonchev–Trinajstić information content (AvgIpc) is 3.06. The highest BCUT2D eigenvalue weighted by atomic mass is 16.2. The zero-order valence-electron chi connectivity index (χ0n) is 25.7. The maximum Gasteiger partial charge on any atom is 0.279 e. The summed E-state index contributed by atoms with van der Waals surface area (Å²) in [5.41, 5.74) is 5.32. The molecule has 0 fully saturated rings. The van der Waals surface area contributed by atoms with E-state index in [1.165, 1.54) is 0 Å². The van der Waals surface area contributed by atoms with Crippen molar-refractivity contribution in [2.45, 2.75) is 103 Å². The van der Waals surface area contributed by atoms with Crippen LogP contribution < -0.4 is 16.7 Å². The normalized spacial score (nSPS) is 10.0. The van der Waals surface area contributed by atoms with Crippen LogP contribution in [0.3, 0.4) is 0 Å². The lowest BCUT2D eigenvalue weighted by Crippen LogP contribution is -2.49. The molecule has 0 saturated heterocycles. The van der Waals surface area contributed by atoms with E-state index in [1.807, 2.05) is 0 Å². The van der Waals surface area contributed by atoms with E-state index in [0.29, 0.717) is 24.0 Å². The van der Waals surface area contributed by atoms with Crippen LogP contribution in [0.5, 0.6) is 0 Å². The summed E-state index contributed by atoms with van der Waals surface area (Å²) in [6.45, 7) is 0. The van der Waals surface area contributed by atoms with Gasteiger partial charge in [-0.25, -0.2) is 5.84 Å². The largest absolute Gasteiger partial charge is 0.294 e. The van der Waals surface area contributed by atoms with Gasteiger partial charge in [0.15, 0.2) is 0 Å². The molecule has 2 aromatic rings. The lowest BCUT2D eigenvalue weighted by molar-refractivity contribution is -0.124. The molecule has 8 nitrogen and oxygen atoms in total. The number of amides is 4. The topological polar surface area (TPSA) is 122 Å². The van der Waals surface area contributed by atoms with Crippen LogP contribution in [-0.4, -0.2) is 28.6 Å². The van der Waals surface area contributed by atoms with Crippen LogP contribution in [0.1, 0.15) is 123 Å². The standard InChI is InChI=1S/C36H46N4O4/c37-38-33(41)29-23-15-13-11-9-7-5-3-1-2-4-6-8-10-12-14-16-24-30-34(42)39-40(35(43)31-25-19-17-20-26-31)36(44)32-27-21-18-22-28-32/h17-22,25-28H,5-16,23-24,29-30,37H2,(H,38,41)(H,39,42). The lowest BCUT2D eigenvalue weighted by Gasteiger charge is -2.21. The molecule has 4 N–H and O–H groups in total. The van der Waals surface area contributed by atoms with Gasteiger partial charge in [-0.15, -0.1) is 0 Å². The van der Waals surface area contributed by atoms with E-state index in [-0.39, 0.29) is 18.2 Å². The molecule has 234 valence electrons. The van der Waals surface area contributed by atoms with Crippen molar-refractivity contribution in [3.63, 3.8) is 0 Å². The summed E-state index contributed by atoms with van der Waals surface area (Å²) in [4.78, 5) is 49.7. The quantitative estimate of drug-likeness (QED) is 0.0468. The van der Waals surface area contributed by atoms with Crippen molar-refractivity contribution in [1.82, 2.24) is 15.9 Å². The van der Waals surface area contributed by atoms with Crippen LogP contribution in [0.2, 0.25) is 0 Å². The molecular weight excluding hydrogens is 552 g/mol. The van der Waals surface area contributed by atoms with Crippen molar-refractivity contribution < 1.29 is 19.2 Å². The van der Waals surface area contributed by atoms with Gasteiger partial charge in [-0.3, -0.25) is 30.0 Å². The fraction of sp³-hybridized carbons (Fsp3) is 0.444. The first-order chi connectivity index (χ1) is 21.5. The van der Waals surface area contributed by atoms with Crippen LogP contribution >= 0.6 is 0 Å². The summed E-state index contributed by atoms with van der Waals surface area (Å²) >= 11 is 0. The van der Waals surface area contributed by atoms with Crippen molar-refractivity contribution in [2.75, 3.05) is 0 Å². The Kier molecular flexibility index (Phi) is 18.8. The molecule has 0 radical (unpaired) electrons. The van der Waals surface area contributed by atoms with Crippen LogP contribution in [-0.2, 0) is 9.59 Å². The maximum atomic E-state index is 13.0. The molecule has 8 heteroatoms. The molecule has 0 aliphatic carbocycles. The monoisotopic (exact) mass is 598 g/mol. The van der Waals surface area contributed by atoms with Gasteiger partial charge in [0.1, 0.15) is 0 Å². The minimum absolute atomic E-state index is 0.0980. The van der Waals surface area contributed by atoms with E-state index < -0.39 is 11.8 Å². The average molecular weight is 599 g/mol. The van der Waals surface area contributed by atoms with E-state index in [9.17, 15) is 19.2 Å². The molecule has 0 spiro atoms. The third-order valence-electron chi connectivity index (χ3n) is 7.00. The van der Waals surface area contributed by atoms with E-state index in [2.05, 4.69) is 34.5 Å². The highest BCUT2D eigenvalue weighted by molar-refractivity contribution is 6.11. The van der Waals surface area contributed by atoms with E-state index in [0.717, 1.165) is 88.5 Å². The highest BCUT2D eigenvalue weighted by Gasteiger charge is 2.26. The Balaban J connectivity index is 1.54. The predicted molar refractivity (Wildman–Crippen MR) is 173 cm³/mol. The fourth-order valence-electron chi connectivity index (χ4n) is 4.49. The number of rotatable bonds is 18. The molecule has 44 heavy (non-hydrogen) atoms. The number of hydrogen-bond donors (Lipinski definition) is 3. The summed E-state index contributed by atoms with van der Waals surface area (Å²) < 4.78 is 0. The summed E-state index contributed by atoms with van der Waals surface area (Å²) in [5, 5.41) is 0.816. The summed E-state index contributed by atoms with van der Waals surface area (Å²) in [6, 6.07) is 16.9. The molecule has 0 aliphatic rings. The maximum absolute atomic E-state index is 13.0. The van der Waals surface area contributed by atoms with Crippen LogP contribution in [0.25, 0.3) is 0 Å². The van der Waals surface area contributed by atoms with Crippen molar-refractivity contribution in [2.24, 2.45) is 5.84 Å². The number of nitrogens with two attached hydrogens (primary N) is 1. The SMILES string of the molecule is NNC(=O)CCCCCCCCC#CC#CCCCCCCCCC(=O)NN(C(=O)c1ccccc1)C(=O)c1ccccc1. The van der Waals surface area contributed by atoms with Gasteiger partial charge in [0, 0.05) is 36.8 Å². The van der Waals surface area contributed by atoms with Gasteiger partial charge in [0.2, 0.25) is 11.8 Å². The second kappa shape index (κ2) is 23.1. The first kappa shape index (κ1) is 35.8. The summed E-state index contributed by atoms with van der Waals surface area (Å²) in [6.07, 6.45) is 14.7. The Morgan fingerprint density at radius 2 is 0.932 bits per heavy atom. The van der Waals surface area contributed by atoms with Gasteiger partial charge in [-0.05, 0) is 61.8 Å². The Hall–Kier alpha value is -4.40. The van der Waals surface area contributed by atoms with Crippen LogP contribution in [0, 0.1) is 23.7 Å². The molecular formula is C36H46N4O4. The Morgan fingerprint density at radius 3 is 1.36 bits per heavy atom. The molecule has 0 bridgehead atoms. The number of benzene rings is 2. The van der Waals surface area contributed by atoms with E-state index in [4.69, 9.17) is 5.84 Å². The van der Waals surface area contributed by atoms with E-state index in [1.54, 1.807) is 60.7 Å². The molecule has 0 unspecified atom stereocenters. The minimum atomic E-state index is -0.572. The number of carbonyl (C=O) groups excluding carboxylic acids is 4. The summed E-state index contributed by atoms with van der Waals surface area (Å²) in [7, 11) is 0. The van der Waals surface area contributed by atoms with Gasteiger partial charge in [-0.2, -0.15) is 5.01 Å². The van der Waals surface area contributed by atoms with Gasteiger partial charge < -0.3 is 0 Å². The van der Waals surface area contributed by atoms with Gasteiger partial charge >= 0.3 is 0 Å². The van der Waals surface area contributed by atoms with Crippen molar-refractivity contribution in [3.05, 3.63) is 71.8 Å². The Bertz CT molecular complexity index is 1220. The molecule has 0 atom stereocenters. The number of nitrogens with zero attached hydrogens (tertiary/aromatic N) is 1. The zero-order valence-corrected chi connectivity index (χ0v) is 25.7. The fourth-order valence-corrected chi connectivity index (χ4v) is 4.49. The third-order valence-corrected chi connectivity index (χ3v) is 7.00. The first-order valence-electron chi connectivity index (χ1n) is 15.8. The smallest absolute Gasteiger partial charge is 0.279 e. The molecule has 2 rings (SSSR count). The number of nitrogens with one attached hydrogen (secondary N) is 2. The predicted octanol–water partition coefficient (Wildman–Crippen LogP) is 6.24. The van der Waals surface area contributed by atoms with Crippen molar-refractivity contribution in [1.29, 1.82) is 0 Å². The van der Waals surface area contributed by atoms with Crippen molar-refractivity contribution in [3.8, 4) is 23.7 Å². The number of carbonyl (C=O) groups is 4. The molecule has 0 aliphatic heterocycles. The summed E-state index contributed by atoms with van der Waals surface area (Å²) in [5.74, 6) is 15.6. The van der Waals surface area contributed by atoms with Crippen molar-refractivity contribution >= 4 is 23.6 Å². The molecule has 4 amide bonds. The first-order valence-corrected chi connectivity index (χ1v) is 15.8. The van der Waals surface area contributed by atoms with Crippen LogP contribution in [0.15, 0.2) is 60.7 Å². The molecule has 0 aromatic heterocycles. The van der Waals surface area contributed by atoms with Gasteiger partial charge in [0.25, 0.3) is 11.8 Å². The number of imide groups is 1. The van der Waals surface area contributed by atoms with E-state index >= 15 is 0 Å². The molecule has 2 aromatic carbocycles. The second-order valence-electron chi connectivity index (χ2n) is 10.6. The Morgan fingerprint density at radius 1 is 0.545 bits per heavy atom. The minimum Gasteiger partial charge on any atom is -0.294 e. The number of hydrogen-bond acceptors (Lipinski definition) is 5. The second-order valence-corrected chi connectivity index (χ2v) is 10.6. The van der Waals surface area contributed by atoms with Crippen LogP contribution in [0.4, 0.5) is 0 Å². The van der Waals surface area contributed by atoms with Gasteiger partial charge in [-0.1, -0.05) is 99.6 Å². The third kappa shape index (κ3) is 15.7. The molecule has 0 saturated carbocycles. The Labute approximate surface area is 262 Å². The lowest BCUT2D eigenvalue weighted by atomic mass is 10.1. The molecule has 0 heterocycles. The van der Waals surface area contributed by atoms with Gasteiger partial charge in [0.05, 0.1) is 0 Å². The number of unbranched alkanes of at least 4 members (excludes halogenated alkanes) is 12. The highest BCUT2D eigenvalue weighted by Crippen LogP contribution is 2.12.